The molecule has 0 aliphatic carbocycles. The van der Waals surface area contributed by atoms with Gasteiger partial charge in [0, 0.05) is 16.6 Å². The molecule has 4 heteroatoms. The molecule has 2 unspecified atom stereocenters. The Morgan fingerprint density at radius 1 is 1.48 bits per heavy atom. The minimum atomic E-state index is -0.0199. The highest BCUT2D eigenvalue weighted by Gasteiger charge is 2.32. The molecular formula is C17H26ClNO2. The standard InChI is InChI=1S/C17H26ClNO2/c1-5-19-12(2)15-10-13(18)6-7-16(15)20-11-14-8-9-17(3,4)21-14/h6-7,10,12,14,19H,5,8-9,11H2,1-4H3. The van der Waals surface area contributed by atoms with Crippen LogP contribution in [0.3, 0.4) is 0 Å². The fraction of sp³-hybridized carbons (Fsp3) is 0.647. The fourth-order valence-electron chi connectivity index (χ4n) is 2.78. The monoisotopic (exact) mass is 311 g/mol. The molecule has 3 nitrogen and oxygen atoms in total. The Balaban J connectivity index is 2.02. The number of hydrogen-bond acceptors (Lipinski definition) is 3. The van der Waals surface area contributed by atoms with E-state index in [9.17, 15) is 0 Å². The van der Waals surface area contributed by atoms with Gasteiger partial charge in [-0.05, 0) is 58.4 Å². The largest absolute Gasteiger partial charge is 0.491 e. The maximum Gasteiger partial charge on any atom is 0.124 e. The number of ether oxygens (including phenoxy) is 2. The zero-order valence-corrected chi connectivity index (χ0v) is 14.2. The lowest BCUT2D eigenvalue weighted by Crippen LogP contribution is -2.24. The Labute approximate surface area is 133 Å². The maximum atomic E-state index is 6.12. The highest BCUT2D eigenvalue weighted by Crippen LogP contribution is 2.32. The number of hydrogen-bond donors (Lipinski definition) is 1. The Morgan fingerprint density at radius 2 is 2.24 bits per heavy atom. The van der Waals surface area contributed by atoms with Crippen molar-refractivity contribution in [2.24, 2.45) is 0 Å². The Bertz CT molecular complexity index is 476. The van der Waals surface area contributed by atoms with Crippen molar-refractivity contribution in [3.8, 4) is 5.75 Å². The van der Waals surface area contributed by atoms with Crippen molar-refractivity contribution in [3.63, 3.8) is 0 Å². The van der Waals surface area contributed by atoms with Gasteiger partial charge in [-0.3, -0.25) is 0 Å². The van der Waals surface area contributed by atoms with Gasteiger partial charge in [0.2, 0.25) is 0 Å². The van der Waals surface area contributed by atoms with E-state index >= 15 is 0 Å². The van der Waals surface area contributed by atoms with E-state index in [2.05, 4.69) is 33.0 Å². The average molecular weight is 312 g/mol. The summed E-state index contributed by atoms with van der Waals surface area (Å²) in [6.07, 6.45) is 2.32. The van der Waals surface area contributed by atoms with Gasteiger partial charge in [0.25, 0.3) is 0 Å². The smallest absolute Gasteiger partial charge is 0.124 e. The molecule has 1 N–H and O–H groups in total. The minimum Gasteiger partial charge on any atom is -0.491 e. The third kappa shape index (κ3) is 4.60. The van der Waals surface area contributed by atoms with Crippen LogP contribution in [0.1, 0.15) is 52.1 Å². The van der Waals surface area contributed by atoms with E-state index in [4.69, 9.17) is 21.1 Å². The van der Waals surface area contributed by atoms with Gasteiger partial charge in [-0.25, -0.2) is 0 Å². The van der Waals surface area contributed by atoms with Crippen LogP contribution in [-0.4, -0.2) is 24.9 Å². The first kappa shape index (κ1) is 16.6. The molecule has 1 fully saturated rings. The van der Waals surface area contributed by atoms with Crippen LogP contribution < -0.4 is 10.1 Å². The second kappa shape index (κ2) is 6.99. The van der Waals surface area contributed by atoms with Crippen molar-refractivity contribution >= 4 is 11.6 Å². The molecule has 0 amide bonds. The first-order chi connectivity index (χ1) is 9.91. The predicted molar refractivity (Wildman–Crippen MR) is 87.2 cm³/mol. The van der Waals surface area contributed by atoms with Gasteiger partial charge in [-0.15, -0.1) is 0 Å². The van der Waals surface area contributed by atoms with Gasteiger partial charge in [0.05, 0.1) is 11.7 Å². The van der Waals surface area contributed by atoms with E-state index in [0.29, 0.717) is 6.61 Å². The lowest BCUT2D eigenvalue weighted by atomic mass is 10.1. The summed E-state index contributed by atoms with van der Waals surface area (Å²) in [6.45, 7) is 9.99. The Hall–Kier alpha value is -0.770. The van der Waals surface area contributed by atoms with Crippen LogP contribution in [0.4, 0.5) is 0 Å². The number of rotatable bonds is 6. The molecule has 1 aliphatic rings. The second-order valence-corrected chi connectivity index (χ2v) is 6.75. The van der Waals surface area contributed by atoms with Crippen molar-refractivity contribution < 1.29 is 9.47 Å². The van der Waals surface area contributed by atoms with Crippen molar-refractivity contribution in [3.05, 3.63) is 28.8 Å². The van der Waals surface area contributed by atoms with Crippen molar-refractivity contribution in [1.29, 1.82) is 0 Å². The second-order valence-electron chi connectivity index (χ2n) is 6.31. The highest BCUT2D eigenvalue weighted by atomic mass is 35.5. The van der Waals surface area contributed by atoms with Crippen molar-refractivity contribution in [2.75, 3.05) is 13.2 Å². The molecule has 118 valence electrons. The molecule has 0 saturated carbocycles. The zero-order valence-electron chi connectivity index (χ0n) is 13.4. The molecule has 1 aromatic rings. The Morgan fingerprint density at radius 3 is 2.86 bits per heavy atom. The van der Waals surface area contributed by atoms with Gasteiger partial charge in [-0.1, -0.05) is 18.5 Å². The lowest BCUT2D eigenvalue weighted by molar-refractivity contribution is -0.0328. The van der Waals surface area contributed by atoms with Crippen LogP contribution in [0.25, 0.3) is 0 Å². The topological polar surface area (TPSA) is 30.5 Å². The van der Waals surface area contributed by atoms with Crippen LogP contribution >= 0.6 is 11.6 Å². The summed E-state index contributed by atoms with van der Waals surface area (Å²) >= 11 is 6.12. The number of halogens is 1. The van der Waals surface area contributed by atoms with E-state index in [0.717, 1.165) is 35.7 Å². The summed E-state index contributed by atoms with van der Waals surface area (Å²) in [5, 5.41) is 4.14. The molecule has 1 heterocycles. The first-order valence-electron chi connectivity index (χ1n) is 7.75. The van der Waals surface area contributed by atoms with E-state index in [1.165, 1.54) is 0 Å². The van der Waals surface area contributed by atoms with Gasteiger partial charge in [-0.2, -0.15) is 0 Å². The predicted octanol–water partition coefficient (Wildman–Crippen LogP) is 4.35. The molecular weight excluding hydrogens is 286 g/mol. The summed E-state index contributed by atoms with van der Waals surface area (Å²) in [5.74, 6) is 0.890. The van der Waals surface area contributed by atoms with E-state index < -0.39 is 0 Å². The molecule has 1 aromatic carbocycles. The fourth-order valence-corrected chi connectivity index (χ4v) is 2.96. The quantitative estimate of drug-likeness (QED) is 0.847. The molecule has 1 aliphatic heterocycles. The van der Waals surface area contributed by atoms with E-state index in [1.807, 2.05) is 18.2 Å². The highest BCUT2D eigenvalue weighted by molar-refractivity contribution is 6.30. The van der Waals surface area contributed by atoms with Gasteiger partial charge in [0.15, 0.2) is 0 Å². The van der Waals surface area contributed by atoms with E-state index in [-0.39, 0.29) is 17.7 Å². The molecule has 2 rings (SSSR count). The normalized spacial score (nSPS) is 22.2. The lowest BCUT2D eigenvalue weighted by Gasteiger charge is -2.21. The van der Waals surface area contributed by atoms with Crippen LogP contribution in [0, 0.1) is 0 Å². The summed E-state index contributed by atoms with van der Waals surface area (Å²) < 4.78 is 12.0. The van der Waals surface area contributed by atoms with E-state index in [1.54, 1.807) is 0 Å². The summed E-state index contributed by atoms with van der Waals surface area (Å²) in [5.41, 5.74) is 1.08. The minimum absolute atomic E-state index is 0.0199. The third-order valence-electron chi connectivity index (χ3n) is 3.93. The average Bonchev–Trinajstić information content (AvgIpc) is 2.77. The van der Waals surface area contributed by atoms with Gasteiger partial charge >= 0.3 is 0 Å². The molecule has 1 saturated heterocycles. The Kier molecular flexibility index (Phi) is 5.53. The molecule has 0 spiro atoms. The molecule has 0 aromatic heterocycles. The summed E-state index contributed by atoms with van der Waals surface area (Å²) in [4.78, 5) is 0. The summed E-state index contributed by atoms with van der Waals surface area (Å²) in [6, 6.07) is 6.01. The molecule has 0 radical (unpaired) electrons. The van der Waals surface area contributed by atoms with Crippen LogP contribution in [0.2, 0.25) is 5.02 Å². The third-order valence-corrected chi connectivity index (χ3v) is 4.16. The van der Waals surface area contributed by atoms with Crippen LogP contribution in [-0.2, 0) is 4.74 Å². The molecule has 2 atom stereocenters. The molecule has 0 bridgehead atoms. The number of nitrogens with one attached hydrogen (secondary N) is 1. The first-order valence-corrected chi connectivity index (χ1v) is 8.12. The van der Waals surface area contributed by atoms with Crippen molar-refractivity contribution in [2.45, 2.75) is 58.3 Å². The summed E-state index contributed by atoms with van der Waals surface area (Å²) in [7, 11) is 0. The SMILES string of the molecule is CCNC(C)c1cc(Cl)ccc1OCC1CCC(C)(C)O1. The maximum absolute atomic E-state index is 6.12. The molecule has 21 heavy (non-hydrogen) atoms. The van der Waals surface area contributed by atoms with Crippen LogP contribution in [0.5, 0.6) is 5.75 Å². The zero-order chi connectivity index (χ0) is 15.5. The number of benzene rings is 1. The van der Waals surface area contributed by atoms with Gasteiger partial charge in [0.1, 0.15) is 12.4 Å². The van der Waals surface area contributed by atoms with Crippen molar-refractivity contribution in [1.82, 2.24) is 5.32 Å². The van der Waals surface area contributed by atoms with Gasteiger partial charge < -0.3 is 14.8 Å². The van der Waals surface area contributed by atoms with Crippen LogP contribution in [0.15, 0.2) is 18.2 Å².